The lowest BCUT2D eigenvalue weighted by atomic mass is 10.1. The fourth-order valence-electron chi connectivity index (χ4n) is 4.27. The zero-order valence-electron chi connectivity index (χ0n) is 19.3. The quantitative estimate of drug-likeness (QED) is 0.535. The van der Waals surface area contributed by atoms with Crippen LogP contribution in [0.5, 0.6) is 5.75 Å². The number of morpholine rings is 1. The minimum absolute atomic E-state index is 0.0713. The van der Waals surface area contributed by atoms with Crippen LogP contribution < -0.4 is 4.74 Å². The highest BCUT2D eigenvalue weighted by Gasteiger charge is 2.26. The summed E-state index contributed by atoms with van der Waals surface area (Å²) in [6.07, 6.45) is 0.570. The van der Waals surface area contributed by atoms with Crippen LogP contribution >= 0.6 is 0 Å². The number of hydrogen-bond donors (Lipinski definition) is 0. The molecule has 3 aromatic rings. The van der Waals surface area contributed by atoms with E-state index in [0.717, 1.165) is 43.3 Å². The van der Waals surface area contributed by atoms with Crippen molar-refractivity contribution in [1.82, 2.24) is 24.5 Å². The van der Waals surface area contributed by atoms with Gasteiger partial charge in [0.05, 0.1) is 24.6 Å². The minimum atomic E-state index is -0.344. The van der Waals surface area contributed by atoms with Crippen LogP contribution in [-0.2, 0) is 31.3 Å². The third-order valence-electron chi connectivity index (χ3n) is 6.14. The SMILES string of the molecule is CCn1nc(C)c(CN2CCOC(c3cc(CCOc4ccccc4F)n(C)n3)C2)c1C. The average Bonchev–Trinajstić information content (AvgIpc) is 3.29. The maximum Gasteiger partial charge on any atom is 0.165 e. The molecule has 1 atom stereocenters. The molecule has 3 heterocycles. The Morgan fingerprint density at radius 2 is 2.03 bits per heavy atom. The number of para-hydroxylation sites is 1. The number of halogens is 1. The lowest BCUT2D eigenvalue weighted by Crippen LogP contribution is -2.38. The molecule has 1 aliphatic rings. The molecule has 1 aromatic carbocycles. The second-order valence-corrected chi connectivity index (χ2v) is 8.27. The van der Waals surface area contributed by atoms with Crippen LogP contribution in [0.3, 0.4) is 0 Å². The standard InChI is InChI=1S/C24H32FN5O2/c1-5-30-18(3)20(17(2)26-30)15-29-11-13-32-24(16-29)22-14-19(28(4)27-22)10-12-31-23-9-7-6-8-21(23)25/h6-9,14,24H,5,10-13,15-16H2,1-4H3. The van der Waals surface area contributed by atoms with Gasteiger partial charge < -0.3 is 9.47 Å². The summed E-state index contributed by atoms with van der Waals surface area (Å²) in [7, 11) is 1.92. The van der Waals surface area contributed by atoms with Gasteiger partial charge in [-0.25, -0.2) is 4.39 Å². The molecule has 8 heteroatoms. The highest BCUT2D eigenvalue weighted by molar-refractivity contribution is 5.25. The van der Waals surface area contributed by atoms with E-state index in [2.05, 4.69) is 41.5 Å². The monoisotopic (exact) mass is 441 g/mol. The number of benzene rings is 1. The fraction of sp³-hybridized carbons (Fsp3) is 0.500. The van der Waals surface area contributed by atoms with Crippen molar-refractivity contribution >= 4 is 0 Å². The van der Waals surface area contributed by atoms with Gasteiger partial charge in [-0.3, -0.25) is 14.3 Å². The first kappa shape index (κ1) is 22.5. The molecular weight excluding hydrogens is 409 g/mol. The summed E-state index contributed by atoms with van der Waals surface area (Å²) in [4.78, 5) is 2.42. The van der Waals surface area contributed by atoms with Crippen molar-refractivity contribution in [1.29, 1.82) is 0 Å². The zero-order chi connectivity index (χ0) is 22.7. The van der Waals surface area contributed by atoms with Crippen molar-refractivity contribution in [2.45, 2.75) is 46.4 Å². The summed E-state index contributed by atoms with van der Waals surface area (Å²) in [5.74, 6) is -0.0676. The topological polar surface area (TPSA) is 57.3 Å². The van der Waals surface area contributed by atoms with Crippen molar-refractivity contribution in [3.63, 3.8) is 0 Å². The van der Waals surface area contributed by atoms with E-state index >= 15 is 0 Å². The highest BCUT2D eigenvalue weighted by Crippen LogP contribution is 2.25. The summed E-state index contributed by atoms with van der Waals surface area (Å²) < 4.78 is 29.3. The molecule has 1 fully saturated rings. The molecule has 0 bridgehead atoms. The summed E-state index contributed by atoms with van der Waals surface area (Å²) in [5, 5.41) is 9.34. The van der Waals surface area contributed by atoms with E-state index in [0.29, 0.717) is 19.6 Å². The molecule has 0 aliphatic carbocycles. The van der Waals surface area contributed by atoms with Crippen LogP contribution in [0, 0.1) is 19.7 Å². The Morgan fingerprint density at radius 1 is 1.22 bits per heavy atom. The smallest absolute Gasteiger partial charge is 0.165 e. The Morgan fingerprint density at radius 3 is 2.78 bits per heavy atom. The van der Waals surface area contributed by atoms with Crippen LogP contribution in [0.2, 0.25) is 0 Å². The van der Waals surface area contributed by atoms with Gasteiger partial charge in [-0.15, -0.1) is 0 Å². The summed E-state index contributed by atoms with van der Waals surface area (Å²) >= 11 is 0. The van der Waals surface area contributed by atoms with Gasteiger partial charge >= 0.3 is 0 Å². The first-order chi connectivity index (χ1) is 15.5. The minimum Gasteiger partial charge on any atom is -0.490 e. The Labute approximate surface area is 188 Å². The number of ether oxygens (including phenoxy) is 2. The summed E-state index contributed by atoms with van der Waals surface area (Å²) in [6.45, 7) is 10.8. The number of aromatic nitrogens is 4. The predicted molar refractivity (Wildman–Crippen MR) is 120 cm³/mol. The van der Waals surface area contributed by atoms with E-state index in [1.165, 1.54) is 17.3 Å². The Balaban J connectivity index is 1.37. The number of aryl methyl sites for hydroxylation is 3. The van der Waals surface area contributed by atoms with Crippen molar-refractivity contribution in [2.75, 3.05) is 26.3 Å². The second-order valence-electron chi connectivity index (χ2n) is 8.27. The third kappa shape index (κ3) is 4.86. The van der Waals surface area contributed by atoms with Gasteiger partial charge in [-0.05, 0) is 39.0 Å². The molecule has 0 radical (unpaired) electrons. The van der Waals surface area contributed by atoms with Gasteiger partial charge in [-0.1, -0.05) is 12.1 Å². The summed E-state index contributed by atoms with van der Waals surface area (Å²) in [5.41, 5.74) is 5.61. The van der Waals surface area contributed by atoms with Crippen LogP contribution in [0.4, 0.5) is 4.39 Å². The van der Waals surface area contributed by atoms with Gasteiger partial charge in [0.2, 0.25) is 0 Å². The molecule has 2 aromatic heterocycles. The molecular formula is C24H32FN5O2. The van der Waals surface area contributed by atoms with E-state index in [1.807, 2.05) is 11.7 Å². The highest BCUT2D eigenvalue weighted by atomic mass is 19.1. The molecule has 0 spiro atoms. The van der Waals surface area contributed by atoms with Crippen LogP contribution in [0.1, 0.15) is 41.4 Å². The van der Waals surface area contributed by atoms with Gasteiger partial charge in [0.1, 0.15) is 6.10 Å². The van der Waals surface area contributed by atoms with Crippen molar-refractivity contribution in [3.8, 4) is 5.75 Å². The molecule has 172 valence electrons. The lowest BCUT2D eigenvalue weighted by Gasteiger charge is -2.32. The molecule has 1 unspecified atom stereocenters. The molecule has 0 saturated carbocycles. The predicted octanol–water partition coefficient (Wildman–Crippen LogP) is 3.59. The largest absolute Gasteiger partial charge is 0.490 e. The number of rotatable bonds is 8. The number of nitrogens with zero attached hydrogens (tertiary/aromatic N) is 5. The Hall–Kier alpha value is -2.71. The molecule has 0 N–H and O–H groups in total. The van der Waals surface area contributed by atoms with E-state index < -0.39 is 0 Å². The van der Waals surface area contributed by atoms with E-state index in [-0.39, 0.29) is 17.7 Å². The first-order valence-electron chi connectivity index (χ1n) is 11.2. The number of hydrogen-bond acceptors (Lipinski definition) is 5. The van der Waals surface area contributed by atoms with Gasteiger partial charge in [0, 0.05) is 56.6 Å². The zero-order valence-corrected chi connectivity index (χ0v) is 19.3. The Kier molecular flexibility index (Phi) is 6.91. The van der Waals surface area contributed by atoms with Crippen LogP contribution in [0.25, 0.3) is 0 Å². The maximum absolute atomic E-state index is 13.7. The summed E-state index contributed by atoms with van der Waals surface area (Å²) in [6, 6.07) is 8.54. The van der Waals surface area contributed by atoms with Gasteiger partial charge in [0.25, 0.3) is 0 Å². The molecule has 7 nitrogen and oxygen atoms in total. The molecule has 32 heavy (non-hydrogen) atoms. The van der Waals surface area contributed by atoms with Crippen molar-refractivity contribution in [3.05, 3.63) is 64.5 Å². The van der Waals surface area contributed by atoms with Gasteiger partial charge in [-0.2, -0.15) is 10.2 Å². The van der Waals surface area contributed by atoms with Crippen molar-refractivity contribution < 1.29 is 13.9 Å². The second kappa shape index (κ2) is 9.83. The fourth-order valence-corrected chi connectivity index (χ4v) is 4.27. The average molecular weight is 442 g/mol. The van der Waals surface area contributed by atoms with Gasteiger partial charge in [0.15, 0.2) is 11.6 Å². The molecule has 1 saturated heterocycles. The van der Waals surface area contributed by atoms with E-state index in [4.69, 9.17) is 14.6 Å². The normalized spacial score (nSPS) is 17.1. The van der Waals surface area contributed by atoms with Crippen LogP contribution in [0.15, 0.2) is 30.3 Å². The molecule has 1 aliphatic heterocycles. The lowest BCUT2D eigenvalue weighted by molar-refractivity contribution is -0.0353. The first-order valence-corrected chi connectivity index (χ1v) is 11.2. The van der Waals surface area contributed by atoms with E-state index in [9.17, 15) is 4.39 Å². The molecule has 0 amide bonds. The molecule has 4 rings (SSSR count). The Bertz CT molecular complexity index is 1060. The van der Waals surface area contributed by atoms with E-state index in [1.54, 1.807) is 18.2 Å². The van der Waals surface area contributed by atoms with Crippen LogP contribution in [-0.4, -0.2) is 50.8 Å². The third-order valence-corrected chi connectivity index (χ3v) is 6.14. The maximum atomic E-state index is 13.7. The van der Waals surface area contributed by atoms with Crippen molar-refractivity contribution in [2.24, 2.45) is 7.05 Å².